The molecule has 0 saturated carbocycles. The minimum Gasteiger partial charge on any atom is -0.507 e. The number of rotatable bonds is 8. The highest BCUT2D eigenvalue weighted by atomic mass is 32.1. The fraction of sp³-hybridized carbons (Fsp3) is 0.391. The summed E-state index contributed by atoms with van der Waals surface area (Å²) in [5.41, 5.74) is 1.81. The van der Waals surface area contributed by atoms with Gasteiger partial charge in [0, 0.05) is 23.4 Å². The third-order valence-corrected chi connectivity index (χ3v) is 6.53. The number of likely N-dealkylation sites (tertiary alicyclic amines) is 1. The Morgan fingerprint density at radius 1 is 1.14 bits per heavy atom. The van der Waals surface area contributed by atoms with E-state index in [0.29, 0.717) is 12.1 Å². The summed E-state index contributed by atoms with van der Waals surface area (Å²) < 4.78 is 0. The fourth-order valence-corrected chi connectivity index (χ4v) is 4.67. The number of Topliss-reactive ketones (excluding diaryl/α,β-unsaturated/α-hetero) is 1. The maximum absolute atomic E-state index is 12.9. The Morgan fingerprint density at radius 3 is 2.41 bits per heavy atom. The second-order valence-electron chi connectivity index (χ2n) is 7.43. The van der Waals surface area contributed by atoms with Crippen molar-refractivity contribution in [2.24, 2.45) is 0 Å². The SMILES string of the molecule is CC[NH+](CC)CCCN1C(=O)C(=O)C(=C(O)c2ccc(C)cc2)[C@@H]1c1cccs1. The largest absolute Gasteiger partial charge is 0.507 e. The van der Waals surface area contributed by atoms with Gasteiger partial charge in [0.15, 0.2) is 0 Å². The molecule has 29 heavy (non-hydrogen) atoms. The van der Waals surface area contributed by atoms with Crippen molar-refractivity contribution >= 4 is 28.8 Å². The predicted octanol–water partition coefficient (Wildman–Crippen LogP) is 2.79. The number of quaternary nitrogens is 1. The van der Waals surface area contributed by atoms with Crippen molar-refractivity contribution in [3.05, 3.63) is 63.4 Å². The van der Waals surface area contributed by atoms with Crippen LogP contribution in [-0.2, 0) is 9.59 Å². The molecule has 2 heterocycles. The smallest absolute Gasteiger partial charge is 0.295 e. The summed E-state index contributed by atoms with van der Waals surface area (Å²) in [6.07, 6.45) is 0.816. The molecule has 1 amide bonds. The summed E-state index contributed by atoms with van der Waals surface area (Å²) in [4.78, 5) is 29.8. The lowest BCUT2D eigenvalue weighted by molar-refractivity contribution is -0.896. The van der Waals surface area contributed by atoms with E-state index in [1.807, 2.05) is 36.6 Å². The predicted molar refractivity (Wildman–Crippen MR) is 116 cm³/mol. The van der Waals surface area contributed by atoms with Gasteiger partial charge in [-0.3, -0.25) is 9.59 Å². The third-order valence-electron chi connectivity index (χ3n) is 5.61. The number of nitrogens with one attached hydrogen (secondary N) is 1. The van der Waals surface area contributed by atoms with Gasteiger partial charge in [-0.25, -0.2) is 0 Å². The summed E-state index contributed by atoms with van der Waals surface area (Å²) in [6.45, 7) is 9.80. The molecule has 1 fully saturated rings. The average Bonchev–Trinajstić information content (AvgIpc) is 3.33. The number of benzene rings is 1. The van der Waals surface area contributed by atoms with Crippen LogP contribution in [0, 0.1) is 6.92 Å². The van der Waals surface area contributed by atoms with Gasteiger partial charge in [-0.2, -0.15) is 0 Å². The Kier molecular flexibility index (Phi) is 6.87. The maximum Gasteiger partial charge on any atom is 0.295 e. The first-order valence-electron chi connectivity index (χ1n) is 10.2. The van der Waals surface area contributed by atoms with E-state index in [4.69, 9.17) is 0 Å². The molecule has 6 heteroatoms. The van der Waals surface area contributed by atoms with Crippen LogP contribution in [0.3, 0.4) is 0 Å². The van der Waals surface area contributed by atoms with E-state index < -0.39 is 17.7 Å². The molecule has 2 N–H and O–H groups in total. The van der Waals surface area contributed by atoms with Crippen LogP contribution in [0.1, 0.15) is 42.3 Å². The molecule has 3 rings (SSSR count). The van der Waals surface area contributed by atoms with Gasteiger partial charge in [0.05, 0.1) is 31.2 Å². The van der Waals surface area contributed by atoms with E-state index in [1.165, 1.54) is 16.2 Å². The summed E-state index contributed by atoms with van der Waals surface area (Å²) in [7, 11) is 0. The number of carbonyl (C=O) groups is 2. The van der Waals surface area contributed by atoms with Crippen LogP contribution in [0.5, 0.6) is 0 Å². The van der Waals surface area contributed by atoms with E-state index in [-0.39, 0.29) is 11.3 Å². The lowest BCUT2D eigenvalue weighted by atomic mass is 9.99. The normalized spacial score (nSPS) is 18.8. The van der Waals surface area contributed by atoms with Gasteiger partial charge in [0.1, 0.15) is 5.76 Å². The molecule has 154 valence electrons. The minimum atomic E-state index is -0.600. The molecule has 0 unspecified atom stereocenters. The van der Waals surface area contributed by atoms with E-state index in [2.05, 4.69) is 13.8 Å². The van der Waals surface area contributed by atoms with Gasteiger partial charge in [0.2, 0.25) is 0 Å². The standard InChI is InChI=1S/C23H28N2O3S/c1-4-24(5-2)13-7-14-25-20(18-8-6-15-29-18)19(22(27)23(25)28)21(26)17-11-9-16(3)10-12-17/h6,8-12,15,20,26H,4-5,7,13-14H2,1-3H3/p+1/t20-/m0/s1. The Labute approximate surface area is 176 Å². The lowest BCUT2D eigenvalue weighted by Crippen LogP contribution is -3.11. The highest BCUT2D eigenvalue weighted by Crippen LogP contribution is 2.41. The summed E-state index contributed by atoms with van der Waals surface area (Å²) >= 11 is 1.50. The number of aliphatic hydroxyl groups excluding tert-OH is 1. The zero-order valence-electron chi connectivity index (χ0n) is 17.3. The minimum absolute atomic E-state index is 0.0985. The zero-order chi connectivity index (χ0) is 21.0. The van der Waals surface area contributed by atoms with Crippen LogP contribution in [0.2, 0.25) is 0 Å². The first-order chi connectivity index (χ1) is 14.0. The van der Waals surface area contributed by atoms with Crippen molar-refractivity contribution in [2.45, 2.75) is 33.2 Å². The highest BCUT2D eigenvalue weighted by Gasteiger charge is 2.46. The molecule has 0 bridgehead atoms. The lowest BCUT2D eigenvalue weighted by Gasteiger charge is -2.25. The summed E-state index contributed by atoms with van der Waals surface area (Å²) in [6, 6.07) is 10.7. The van der Waals surface area contributed by atoms with Gasteiger partial charge in [-0.05, 0) is 32.2 Å². The molecular formula is C23H29N2O3S+. The Balaban J connectivity index is 1.95. The molecule has 1 aromatic heterocycles. The highest BCUT2D eigenvalue weighted by molar-refractivity contribution is 7.10. The van der Waals surface area contributed by atoms with Crippen molar-refractivity contribution in [2.75, 3.05) is 26.2 Å². The van der Waals surface area contributed by atoms with E-state index in [1.54, 1.807) is 17.0 Å². The fourth-order valence-electron chi connectivity index (χ4n) is 3.82. The van der Waals surface area contributed by atoms with Crippen LogP contribution in [0.25, 0.3) is 5.76 Å². The molecule has 1 atom stereocenters. The zero-order valence-corrected chi connectivity index (χ0v) is 18.1. The summed E-state index contributed by atoms with van der Waals surface area (Å²) in [5, 5.41) is 12.9. The monoisotopic (exact) mass is 413 g/mol. The molecule has 0 spiro atoms. The number of thiophene rings is 1. The molecule has 5 nitrogen and oxygen atoms in total. The van der Waals surface area contributed by atoms with Crippen LogP contribution < -0.4 is 4.90 Å². The number of aliphatic hydroxyl groups is 1. The molecule has 0 aliphatic carbocycles. The molecule has 1 aliphatic heterocycles. The second kappa shape index (κ2) is 9.37. The number of nitrogens with zero attached hydrogens (tertiary/aromatic N) is 1. The van der Waals surface area contributed by atoms with Crippen molar-refractivity contribution in [1.29, 1.82) is 0 Å². The van der Waals surface area contributed by atoms with Gasteiger partial charge >= 0.3 is 0 Å². The van der Waals surface area contributed by atoms with Crippen molar-refractivity contribution in [1.82, 2.24) is 4.90 Å². The Morgan fingerprint density at radius 2 is 1.83 bits per heavy atom. The number of aryl methyl sites for hydroxylation is 1. The molecule has 1 aliphatic rings. The first-order valence-corrected chi connectivity index (χ1v) is 11.1. The molecule has 1 saturated heterocycles. The van der Waals surface area contributed by atoms with E-state index in [0.717, 1.165) is 36.5 Å². The number of ketones is 1. The Hall–Kier alpha value is -2.44. The van der Waals surface area contributed by atoms with Gasteiger partial charge in [-0.15, -0.1) is 11.3 Å². The van der Waals surface area contributed by atoms with Crippen molar-refractivity contribution in [3.63, 3.8) is 0 Å². The average molecular weight is 414 g/mol. The summed E-state index contributed by atoms with van der Waals surface area (Å²) in [5.74, 6) is -1.22. The van der Waals surface area contributed by atoms with Gasteiger partial charge in [0.25, 0.3) is 11.7 Å². The van der Waals surface area contributed by atoms with Gasteiger partial charge < -0.3 is 14.9 Å². The molecular weight excluding hydrogens is 384 g/mol. The molecule has 2 aromatic rings. The van der Waals surface area contributed by atoms with E-state index in [9.17, 15) is 14.7 Å². The molecule has 1 aromatic carbocycles. The van der Waals surface area contributed by atoms with Crippen LogP contribution in [-0.4, -0.2) is 47.9 Å². The first kappa shape index (κ1) is 21.3. The third kappa shape index (κ3) is 4.43. The number of hydrogen-bond donors (Lipinski definition) is 2. The number of hydrogen-bond acceptors (Lipinski definition) is 4. The van der Waals surface area contributed by atoms with Crippen molar-refractivity contribution in [3.8, 4) is 0 Å². The number of carbonyl (C=O) groups excluding carboxylic acids is 2. The number of amides is 1. The van der Waals surface area contributed by atoms with E-state index >= 15 is 0 Å². The van der Waals surface area contributed by atoms with Crippen LogP contribution >= 0.6 is 11.3 Å². The second-order valence-corrected chi connectivity index (χ2v) is 8.41. The van der Waals surface area contributed by atoms with Crippen LogP contribution in [0.15, 0.2) is 47.4 Å². The maximum atomic E-state index is 12.9. The van der Waals surface area contributed by atoms with Crippen LogP contribution in [0.4, 0.5) is 0 Å². The Bertz CT molecular complexity index is 883. The van der Waals surface area contributed by atoms with Crippen molar-refractivity contribution < 1.29 is 19.6 Å². The molecule has 0 radical (unpaired) electrons. The topological polar surface area (TPSA) is 62.0 Å². The van der Waals surface area contributed by atoms with Gasteiger partial charge in [-0.1, -0.05) is 35.9 Å². The quantitative estimate of drug-likeness (QED) is 0.397.